The van der Waals surface area contributed by atoms with Crippen molar-refractivity contribution < 1.29 is 0 Å². The Bertz CT molecular complexity index is 810. The molecule has 0 fully saturated rings. The van der Waals surface area contributed by atoms with Crippen molar-refractivity contribution in [1.29, 1.82) is 0 Å². The molecule has 4 rings (SSSR count). The second kappa shape index (κ2) is 4.33. The predicted molar refractivity (Wildman–Crippen MR) is 89.4 cm³/mol. The summed E-state index contributed by atoms with van der Waals surface area (Å²) in [5, 5.41) is 0. The number of hydrogen-bond acceptors (Lipinski definition) is 0. The molecule has 0 aliphatic heterocycles. The van der Waals surface area contributed by atoms with Crippen LogP contribution in [-0.4, -0.2) is 0 Å². The minimum Gasteiger partial charge on any atom is -0.0622 e. The Labute approximate surface area is 126 Å². The van der Waals surface area contributed by atoms with E-state index in [1.165, 1.54) is 33.4 Å². The van der Waals surface area contributed by atoms with E-state index in [1.807, 2.05) is 0 Å². The van der Waals surface area contributed by atoms with Crippen LogP contribution in [0.2, 0.25) is 0 Å². The molecule has 1 aliphatic carbocycles. The van der Waals surface area contributed by atoms with Crippen LogP contribution in [0, 0.1) is 0 Å². The van der Waals surface area contributed by atoms with Gasteiger partial charge in [-0.15, -0.1) is 0 Å². The van der Waals surface area contributed by atoms with Crippen molar-refractivity contribution in [2.24, 2.45) is 0 Å². The van der Waals surface area contributed by atoms with Crippen molar-refractivity contribution in [3.8, 4) is 22.3 Å². The highest BCUT2D eigenvalue weighted by molar-refractivity contribution is 5.87. The molecule has 3 aromatic carbocycles. The lowest BCUT2D eigenvalue weighted by Gasteiger charge is -2.24. The van der Waals surface area contributed by atoms with Gasteiger partial charge in [-0.1, -0.05) is 86.6 Å². The maximum absolute atomic E-state index is 2.34. The van der Waals surface area contributed by atoms with E-state index in [2.05, 4.69) is 86.6 Å². The third kappa shape index (κ3) is 1.69. The molecule has 0 amide bonds. The van der Waals surface area contributed by atoms with Gasteiger partial charge < -0.3 is 0 Å². The predicted octanol–water partition coefficient (Wildman–Crippen LogP) is 5.66. The average molecular weight is 270 g/mol. The Morgan fingerprint density at radius 3 is 2.00 bits per heavy atom. The molecule has 0 heteroatoms. The molecule has 1 aliphatic rings. The molecule has 0 radical (unpaired) electrons. The van der Waals surface area contributed by atoms with Crippen LogP contribution >= 0.6 is 0 Å². The molecule has 0 nitrogen and oxygen atoms in total. The Kier molecular flexibility index (Phi) is 2.56. The Balaban J connectivity index is 2.06. The maximum Gasteiger partial charge on any atom is 0.0165 e. The molecule has 0 unspecified atom stereocenters. The molecule has 3 aromatic rings. The summed E-state index contributed by atoms with van der Waals surface area (Å²) in [6, 6.07) is 26.2. The minimum atomic E-state index is 0.0539. The summed E-state index contributed by atoms with van der Waals surface area (Å²) in [6.45, 7) is 4.67. The van der Waals surface area contributed by atoms with E-state index < -0.39 is 0 Å². The first-order chi connectivity index (χ1) is 10.2. The number of fused-ring (bicyclic) bond motifs is 3. The van der Waals surface area contributed by atoms with Crippen LogP contribution in [0.5, 0.6) is 0 Å². The lowest BCUT2D eigenvalue weighted by atomic mass is 9.79. The summed E-state index contributed by atoms with van der Waals surface area (Å²) >= 11 is 0. The number of hydrogen-bond donors (Lipinski definition) is 0. The van der Waals surface area contributed by atoms with Crippen molar-refractivity contribution in [2.75, 3.05) is 0 Å². The number of benzene rings is 3. The van der Waals surface area contributed by atoms with Gasteiger partial charge in [0.2, 0.25) is 0 Å². The van der Waals surface area contributed by atoms with Crippen LogP contribution in [0.1, 0.15) is 25.0 Å². The highest BCUT2D eigenvalue weighted by Crippen LogP contribution is 2.51. The highest BCUT2D eigenvalue weighted by atomic mass is 14.4. The molecule has 0 saturated heterocycles. The zero-order chi connectivity index (χ0) is 14.4. The summed E-state index contributed by atoms with van der Waals surface area (Å²) in [5.74, 6) is 0. The summed E-state index contributed by atoms with van der Waals surface area (Å²) in [7, 11) is 0. The fourth-order valence-electron chi connectivity index (χ4n) is 3.71. The fourth-order valence-corrected chi connectivity index (χ4v) is 3.71. The zero-order valence-electron chi connectivity index (χ0n) is 12.4. The molecule has 0 heterocycles. The molecule has 21 heavy (non-hydrogen) atoms. The van der Waals surface area contributed by atoms with Gasteiger partial charge >= 0.3 is 0 Å². The van der Waals surface area contributed by atoms with Crippen LogP contribution < -0.4 is 0 Å². The van der Waals surface area contributed by atoms with Gasteiger partial charge in [-0.3, -0.25) is 0 Å². The first-order valence-corrected chi connectivity index (χ1v) is 7.48. The van der Waals surface area contributed by atoms with Crippen LogP contribution in [0.4, 0.5) is 0 Å². The van der Waals surface area contributed by atoms with Gasteiger partial charge in [0.25, 0.3) is 0 Å². The Hall–Kier alpha value is -2.34. The Morgan fingerprint density at radius 1 is 0.571 bits per heavy atom. The van der Waals surface area contributed by atoms with Gasteiger partial charge in [0, 0.05) is 5.41 Å². The average Bonchev–Trinajstić information content (AvgIpc) is 2.77. The SMILES string of the molecule is CC1(C)c2ccccc2-c2cccc(-c3ccccc3)c21. The second-order valence-corrected chi connectivity index (χ2v) is 6.26. The third-order valence-corrected chi connectivity index (χ3v) is 4.66. The van der Waals surface area contributed by atoms with Crippen LogP contribution in [0.3, 0.4) is 0 Å². The first kappa shape index (κ1) is 12.4. The van der Waals surface area contributed by atoms with Gasteiger partial charge in [0.1, 0.15) is 0 Å². The molecule has 0 aromatic heterocycles. The quantitative estimate of drug-likeness (QED) is 0.535. The van der Waals surface area contributed by atoms with Crippen molar-refractivity contribution in [2.45, 2.75) is 19.3 Å². The number of rotatable bonds is 1. The van der Waals surface area contributed by atoms with E-state index in [0.29, 0.717) is 0 Å². The summed E-state index contributed by atoms with van der Waals surface area (Å²) in [5.41, 5.74) is 8.37. The van der Waals surface area contributed by atoms with E-state index in [9.17, 15) is 0 Å². The fraction of sp³-hybridized carbons (Fsp3) is 0.143. The van der Waals surface area contributed by atoms with Gasteiger partial charge in [-0.2, -0.15) is 0 Å². The highest BCUT2D eigenvalue weighted by Gasteiger charge is 2.36. The van der Waals surface area contributed by atoms with E-state index in [1.54, 1.807) is 0 Å². The van der Waals surface area contributed by atoms with Gasteiger partial charge in [0.05, 0.1) is 0 Å². The summed E-state index contributed by atoms with van der Waals surface area (Å²) in [4.78, 5) is 0. The largest absolute Gasteiger partial charge is 0.0622 e. The second-order valence-electron chi connectivity index (χ2n) is 6.26. The minimum absolute atomic E-state index is 0.0539. The topological polar surface area (TPSA) is 0 Å². The molecular weight excluding hydrogens is 252 g/mol. The van der Waals surface area contributed by atoms with Crippen molar-refractivity contribution in [3.05, 3.63) is 83.9 Å². The third-order valence-electron chi connectivity index (χ3n) is 4.66. The molecule has 0 atom stereocenters. The van der Waals surface area contributed by atoms with Crippen molar-refractivity contribution >= 4 is 0 Å². The normalized spacial score (nSPS) is 14.6. The zero-order valence-corrected chi connectivity index (χ0v) is 12.4. The van der Waals surface area contributed by atoms with Gasteiger partial charge in [-0.05, 0) is 33.4 Å². The molecular formula is C21H18. The molecule has 0 spiro atoms. The van der Waals surface area contributed by atoms with Gasteiger partial charge in [0.15, 0.2) is 0 Å². The van der Waals surface area contributed by atoms with E-state index in [4.69, 9.17) is 0 Å². The van der Waals surface area contributed by atoms with Crippen LogP contribution in [0.15, 0.2) is 72.8 Å². The summed E-state index contributed by atoms with van der Waals surface area (Å²) in [6.07, 6.45) is 0. The Morgan fingerprint density at radius 2 is 1.19 bits per heavy atom. The molecule has 0 bridgehead atoms. The lowest BCUT2D eigenvalue weighted by molar-refractivity contribution is 0.662. The lowest BCUT2D eigenvalue weighted by Crippen LogP contribution is -2.16. The molecule has 102 valence electrons. The monoisotopic (exact) mass is 270 g/mol. The summed E-state index contributed by atoms with van der Waals surface area (Å²) < 4.78 is 0. The van der Waals surface area contributed by atoms with Crippen LogP contribution in [0.25, 0.3) is 22.3 Å². The van der Waals surface area contributed by atoms with E-state index in [-0.39, 0.29) is 5.41 Å². The van der Waals surface area contributed by atoms with Crippen molar-refractivity contribution in [1.82, 2.24) is 0 Å². The van der Waals surface area contributed by atoms with E-state index in [0.717, 1.165) is 0 Å². The maximum atomic E-state index is 2.34. The molecule has 0 N–H and O–H groups in total. The first-order valence-electron chi connectivity index (χ1n) is 7.48. The smallest absolute Gasteiger partial charge is 0.0165 e. The van der Waals surface area contributed by atoms with Crippen molar-refractivity contribution in [3.63, 3.8) is 0 Å². The standard InChI is InChI=1S/C21H18/c1-21(2)19-14-7-6-11-17(19)18-13-8-12-16(20(18)21)15-9-4-3-5-10-15/h3-14H,1-2H3. The van der Waals surface area contributed by atoms with E-state index >= 15 is 0 Å². The molecule has 0 saturated carbocycles. The van der Waals surface area contributed by atoms with Gasteiger partial charge in [-0.25, -0.2) is 0 Å². The van der Waals surface area contributed by atoms with Crippen LogP contribution in [-0.2, 0) is 5.41 Å².